The van der Waals surface area contributed by atoms with Crippen LogP contribution in [0.3, 0.4) is 0 Å². The molecular weight excluding hydrogens is 288 g/mol. The molecule has 1 aliphatic carbocycles. The summed E-state index contributed by atoms with van der Waals surface area (Å²) in [6.45, 7) is 5.81. The summed E-state index contributed by atoms with van der Waals surface area (Å²) in [5, 5.41) is 10.5. The molecule has 0 aromatic carbocycles. The van der Waals surface area contributed by atoms with Crippen LogP contribution in [0.5, 0.6) is 0 Å². The lowest BCUT2D eigenvalue weighted by atomic mass is 10.1. The second-order valence-corrected chi connectivity index (χ2v) is 8.07. The molecule has 0 amide bonds. The fourth-order valence-corrected chi connectivity index (χ4v) is 4.55. The third-order valence-electron chi connectivity index (χ3n) is 4.59. The quantitative estimate of drug-likeness (QED) is 0.832. The van der Waals surface area contributed by atoms with Crippen molar-refractivity contribution in [1.82, 2.24) is 19.8 Å². The molecule has 21 heavy (non-hydrogen) atoms. The van der Waals surface area contributed by atoms with Crippen molar-refractivity contribution in [2.45, 2.75) is 57.1 Å². The average molecular weight is 312 g/mol. The molecule has 1 aromatic rings. The second-order valence-electron chi connectivity index (χ2n) is 6.21. The fraction of sp³-hybridized carbons (Fsp3) is 0.786. The van der Waals surface area contributed by atoms with Crippen molar-refractivity contribution in [3.8, 4) is 0 Å². The van der Waals surface area contributed by atoms with Gasteiger partial charge in [0.05, 0.1) is 0 Å². The summed E-state index contributed by atoms with van der Waals surface area (Å²) < 4.78 is 27.2. The molecule has 1 unspecified atom stereocenters. The third-order valence-corrected chi connectivity index (χ3v) is 6.43. The van der Waals surface area contributed by atoms with Gasteiger partial charge in [0.1, 0.15) is 0 Å². The van der Waals surface area contributed by atoms with Crippen LogP contribution in [-0.4, -0.2) is 42.1 Å². The Morgan fingerprint density at radius 2 is 2.14 bits per heavy atom. The van der Waals surface area contributed by atoms with E-state index in [9.17, 15) is 8.42 Å². The largest absolute Gasteiger partial charge is 0.310 e. The zero-order valence-electron chi connectivity index (χ0n) is 12.7. The minimum atomic E-state index is -3.47. The van der Waals surface area contributed by atoms with Crippen LogP contribution in [-0.2, 0) is 16.6 Å². The zero-order valence-corrected chi connectivity index (χ0v) is 13.5. The number of aromatic amines is 1. The average Bonchev–Trinajstić information content (AvgIpc) is 3.01. The Hall–Kier alpha value is -0.920. The van der Waals surface area contributed by atoms with Crippen molar-refractivity contribution in [2.24, 2.45) is 5.92 Å². The van der Waals surface area contributed by atoms with Crippen molar-refractivity contribution in [3.05, 3.63) is 11.3 Å². The van der Waals surface area contributed by atoms with Crippen LogP contribution < -0.4 is 5.32 Å². The topological polar surface area (TPSA) is 78.1 Å². The van der Waals surface area contributed by atoms with Gasteiger partial charge in [-0.05, 0) is 32.1 Å². The number of rotatable bonds is 6. The first kappa shape index (κ1) is 15.0. The number of hydrogen-bond acceptors (Lipinski definition) is 4. The highest BCUT2D eigenvalue weighted by atomic mass is 32.2. The monoisotopic (exact) mass is 312 g/mol. The van der Waals surface area contributed by atoms with E-state index in [1.165, 1.54) is 12.8 Å². The predicted octanol–water partition coefficient (Wildman–Crippen LogP) is 1.39. The van der Waals surface area contributed by atoms with E-state index in [2.05, 4.69) is 22.4 Å². The number of aromatic nitrogens is 2. The molecule has 3 rings (SSSR count). The third kappa shape index (κ3) is 3.00. The SMILES string of the molecule is CCC1CCN(S(=O)(=O)c2n[nH]c(C)c2CNC2CC2)C1. The summed E-state index contributed by atoms with van der Waals surface area (Å²) in [7, 11) is -3.47. The lowest BCUT2D eigenvalue weighted by molar-refractivity contribution is 0.449. The molecule has 2 heterocycles. The lowest BCUT2D eigenvalue weighted by Gasteiger charge is -2.16. The summed E-state index contributed by atoms with van der Waals surface area (Å²) in [5.74, 6) is 0.479. The molecular formula is C14H24N4O2S. The predicted molar refractivity (Wildman–Crippen MR) is 80.3 cm³/mol. The Bertz CT molecular complexity index is 606. The summed E-state index contributed by atoms with van der Waals surface area (Å²) in [6, 6.07) is 0.547. The maximum Gasteiger partial charge on any atom is 0.262 e. The highest BCUT2D eigenvalue weighted by Gasteiger charge is 2.35. The van der Waals surface area contributed by atoms with Gasteiger partial charge in [-0.3, -0.25) is 5.10 Å². The molecule has 0 spiro atoms. The molecule has 0 bridgehead atoms. The maximum atomic E-state index is 12.8. The van der Waals surface area contributed by atoms with Crippen molar-refractivity contribution in [2.75, 3.05) is 13.1 Å². The van der Waals surface area contributed by atoms with E-state index in [1.807, 2.05) is 6.92 Å². The summed E-state index contributed by atoms with van der Waals surface area (Å²) in [6.07, 6.45) is 4.35. The number of nitrogens with zero attached hydrogens (tertiary/aromatic N) is 2. The van der Waals surface area contributed by atoms with Crippen molar-refractivity contribution < 1.29 is 8.42 Å². The number of hydrogen-bond donors (Lipinski definition) is 2. The molecule has 1 aromatic heterocycles. The molecule has 1 aliphatic heterocycles. The molecule has 2 fully saturated rings. The fourth-order valence-electron chi connectivity index (χ4n) is 2.86. The number of nitrogens with one attached hydrogen (secondary N) is 2. The van der Waals surface area contributed by atoms with Crippen LogP contribution in [0.2, 0.25) is 0 Å². The smallest absolute Gasteiger partial charge is 0.262 e. The van der Waals surface area contributed by atoms with Gasteiger partial charge in [0.25, 0.3) is 10.0 Å². The van der Waals surface area contributed by atoms with Crippen LogP contribution >= 0.6 is 0 Å². The van der Waals surface area contributed by atoms with E-state index in [1.54, 1.807) is 4.31 Å². The standard InChI is InChI=1S/C14H24N4O2S/c1-3-11-6-7-18(9-11)21(19,20)14-13(10(2)16-17-14)8-15-12-4-5-12/h11-12,15H,3-9H2,1-2H3,(H,16,17). The molecule has 1 saturated heterocycles. The van der Waals surface area contributed by atoms with Gasteiger partial charge in [-0.15, -0.1) is 0 Å². The minimum Gasteiger partial charge on any atom is -0.310 e. The molecule has 1 atom stereocenters. The van der Waals surface area contributed by atoms with Crippen LogP contribution in [0.25, 0.3) is 0 Å². The van der Waals surface area contributed by atoms with Gasteiger partial charge < -0.3 is 5.32 Å². The molecule has 0 radical (unpaired) electrons. The zero-order chi connectivity index (χ0) is 15.0. The first-order chi connectivity index (χ1) is 10.0. The van der Waals surface area contributed by atoms with E-state index in [0.29, 0.717) is 31.6 Å². The maximum absolute atomic E-state index is 12.8. The Kier molecular flexibility index (Phi) is 4.07. The van der Waals surface area contributed by atoms with Gasteiger partial charge in [-0.25, -0.2) is 8.42 Å². The molecule has 2 N–H and O–H groups in total. The molecule has 1 saturated carbocycles. The lowest BCUT2D eigenvalue weighted by Crippen LogP contribution is -2.30. The van der Waals surface area contributed by atoms with E-state index in [4.69, 9.17) is 0 Å². The minimum absolute atomic E-state index is 0.213. The van der Waals surface area contributed by atoms with Crippen LogP contribution in [0.1, 0.15) is 43.9 Å². The van der Waals surface area contributed by atoms with Crippen LogP contribution in [0, 0.1) is 12.8 Å². The van der Waals surface area contributed by atoms with Crippen LogP contribution in [0.15, 0.2) is 5.03 Å². The second kappa shape index (κ2) is 5.70. The van der Waals surface area contributed by atoms with Gasteiger partial charge >= 0.3 is 0 Å². The first-order valence-electron chi connectivity index (χ1n) is 7.79. The summed E-state index contributed by atoms with van der Waals surface area (Å²) >= 11 is 0. The molecule has 118 valence electrons. The van der Waals surface area contributed by atoms with Gasteiger partial charge in [0.2, 0.25) is 0 Å². The van der Waals surface area contributed by atoms with Crippen molar-refractivity contribution >= 4 is 10.0 Å². The van der Waals surface area contributed by atoms with Crippen LogP contribution in [0.4, 0.5) is 0 Å². The molecule has 7 heteroatoms. The number of aryl methyl sites for hydroxylation is 1. The number of sulfonamides is 1. The Morgan fingerprint density at radius 1 is 1.38 bits per heavy atom. The summed E-state index contributed by atoms with van der Waals surface area (Å²) in [5.41, 5.74) is 1.63. The Balaban J connectivity index is 1.81. The highest BCUT2D eigenvalue weighted by Crippen LogP contribution is 2.28. The molecule has 2 aliphatic rings. The summed E-state index contributed by atoms with van der Waals surface area (Å²) in [4.78, 5) is 0. The van der Waals surface area contributed by atoms with Crippen molar-refractivity contribution in [1.29, 1.82) is 0 Å². The van der Waals surface area contributed by atoms with Gasteiger partial charge in [-0.2, -0.15) is 9.40 Å². The Labute approximate surface area is 126 Å². The number of H-pyrrole nitrogens is 1. The highest BCUT2D eigenvalue weighted by molar-refractivity contribution is 7.89. The normalized spacial score (nSPS) is 23.8. The van der Waals surface area contributed by atoms with Gasteiger partial charge in [-0.1, -0.05) is 13.3 Å². The van der Waals surface area contributed by atoms with E-state index in [0.717, 1.165) is 24.1 Å². The van der Waals surface area contributed by atoms with Crippen molar-refractivity contribution in [3.63, 3.8) is 0 Å². The van der Waals surface area contributed by atoms with E-state index in [-0.39, 0.29) is 5.03 Å². The first-order valence-corrected chi connectivity index (χ1v) is 9.23. The molecule has 6 nitrogen and oxygen atoms in total. The van der Waals surface area contributed by atoms with E-state index < -0.39 is 10.0 Å². The van der Waals surface area contributed by atoms with Gasteiger partial charge in [0.15, 0.2) is 5.03 Å². The Morgan fingerprint density at radius 3 is 2.76 bits per heavy atom. The van der Waals surface area contributed by atoms with Gasteiger partial charge in [0, 0.05) is 36.9 Å². The van der Waals surface area contributed by atoms with E-state index >= 15 is 0 Å².